The molecule has 0 aliphatic rings. The Labute approximate surface area is 189 Å². The second-order valence-corrected chi connectivity index (χ2v) is 6.83. The van der Waals surface area contributed by atoms with E-state index in [1.54, 1.807) is 12.1 Å². The molecule has 0 atom stereocenters. The molecule has 4 rings (SSSR count). The first kappa shape index (κ1) is 22.2. The van der Waals surface area contributed by atoms with Gasteiger partial charge in [-0.15, -0.1) is 15.3 Å². The highest BCUT2D eigenvalue weighted by molar-refractivity contribution is 5.95. The maximum atomic E-state index is 13.2. The number of amides is 1. The average molecular weight is 467 g/mol. The minimum Gasteiger partial charge on any atom is -0.475 e. The highest BCUT2D eigenvalue weighted by atomic mass is 19.1. The van der Waals surface area contributed by atoms with E-state index in [1.165, 1.54) is 28.8 Å². The minimum atomic E-state index is -0.820. The molecule has 4 aromatic rings. The zero-order valence-corrected chi connectivity index (χ0v) is 17.1. The number of hydrogen-bond donors (Lipinski definition) is 1. The van der Waals surface area contributed by atoms with E-state index in [1.807, 2.05) is 0 Å². The van der Waals surface area contributed by atoms with Crippen LogP contribution in [0.15, 0.2) is 54.6 Å². The lowest BCUT2D eigenvalue weighted by molar-refractivity contribution is -0.394. The van der Waals surface area contributed by atoms with Gasteiger partial charge in [-0.3, -0.25) is 25.0 Å². The third-order valence-corrected chi connectivity index (χ3v) is 4.56. The maximum Gasteiger partial charge on any atom is 0.277 e. The highest BCUT2D eigenvalue weighted by Crippen LogP contribution is 2.23. The van der Waals surface area contributed by atoms with Crippen LogP contribution in [0.25, 0.3) is 17.0 Å². The molecule has 0 unspecified atom stereocenters. The molecule has 0 saturated carbocycles. The number of nitrogens with zero attached hydrogens (tertiary/aromatic N) is 6. The number of ether oxygens (including phenoxy) is 1. The monoisotopic (exact) mass is 467 g/mol. The van der Waals surface area contributed by atoms with Gasteiger partial charge in [0.1, 0.15) is 12.4 Å². The van der Waals surface area contributed by atoms with Crippen molar-refractivity contribution in [3.05, 3.63) is 86.2 Å². The first-order valence-electron chi connectivity index (χ1n) is 9.65. The summed E-state index contributed by atoms with van der Waals surface area (Å²) >= 11 is 0. The van der Waals surface area contributed by atoms with E-state index in [2.05, 4.69) is 20.6 Å². The molecule has 172 valence electrons. The largest absolute Gasteiger partial charge is 0.475 e. The van der Waals surface area contributed by atoms with E-state index in [0.29, 0.717) is 17.0 Å². The summed E-state index contributed by atoms with van der Waals surface area (Å²) in [6, 6.07) is 11.5. The Balaban J connectivity index is 1.41. The van der Waals surface area contributed by atoms with E-state index in [-0.39, 0.29) is 24.6 Å². The molecule has 2 aromatic heterocycles. The van der Waals surface area contributed by atoms with Crippen molar-refractivity contribution in [2.24, 2.45) is 0 Å². The number of fused-ring (bicyclic) bond motifs is 1. The van der Waals surface area contributed by atoms with Crippen molar-refractivity contribution in [1.82, 2.24) is 25.1 Å². The molecule has 2 heterocycles. The quantitative estimate of drug-likeness (QED) is 0.232. The van der Waals surface area contributed by atoms with Crippen molar-refractivity contribution in [1.29, 1.82) is 0 Å². The number of aromatic nitrogens is 4. The molecule has 0 fully saturated rings. The van der Waals surface area contributed by atoms with E-state index in [9.17, 15) is 29.4 Å². The fraction of sp³-hybridized carbons (Fsp3) is 0.100. The lowest BCUT2D eigenvalue weighted by Gasteiger charge is -2.08. The first-order chi connectivity index (χ1) is 16.3. The smallest absolute Gasteiger partial charge is 0.277 e. The summed E-state index contributed by atoms with van der Waals surface area (Å²) in [5.74, 6) is -0.565. The van der Waals surface area contributed by atoms with Crippen LogP contribution < -0.4 is 10.1 Å². The normalized spacial score (nSPS) is 10.7. The van der Waals surface area contributed by atoms with Gasteiger partial charge in [0, 0.05) is 23.8 Å². The van der Waals surface area contributed by atoms with Crippen LogP contribution in [0.4, 0.5) is 15.8 Å². The fourth-order valence-electron chi connectivity index (χ4n) is 2.99. The number of carbonyl (C=O) groups is 1. The summed E-state index contributed by atoms with van der Waals surface area (Å²) in [6.45, 7) is -0.0304. The molecule has 2 aromatic carbocycles. The Hall–Kier alpha value is -5.01. The number of benzene rings is 2. The molecular formula is C20H14FN7O6. The second kappa shape index (κ2) is 9.23. The van der Waals surface area contributed by atoms with Crippen molar-refractivity contribution < 1.29 is 23.8 Å². The molecule has 0 aliphatic heterocycles. The van der Waals surface area contributed by atoms with Gasteiger partial charge >= 0.3 is 0 Å². The van der Waals surface area contributed by atoms with Crippen LogP contribution >= 0.6 is 0 Å². The van der Waals surface area contributed by atoms with Crippen LogP contribution in [0.2, 0.25) is 0 Å². The SMILES string of the molecule is O=C(NCCOc1ccc2nnc(-c3ccc(F)cc3)n2n1)c1cc([N+](=O)[O-])cc([N+](=O)[O-])c1. The molecule has 1 N–H and O–H groups in total. The lowest BCUT2D eigenvalue weighted by atomic mass is 10.1. The third-order valence-electron chi connectivity index (χ3n) is 4.56. The molecule has 14 heteroatoms. The second-order valence-electron chi connectivity index (χ2n) is 6.83. The van der Waals surface area contributed by atoms with Crippen molar-refractivity contribution in [2.75, 3.05) is 13.2 Å². The van der Waals surface area contributed by atoms with Crippen molar-refractivity contribution in [3.8, 4) is 17.3 Å². The number of hydrogen-bond acceptors (Lipinski definition) is 9. The number of non-ortho nitro benzene ring substituents is 2. The van der Waals surface area contributed by atoms with Crippen LogP contribution in [0.5, 0.6) is 5.88 Å². The molecule has 1 amide bonds. The van der Waals surface area contributed by atoms with Crippen LogP contribution in [-0.4, -0.2) is 48.7 Å². The Morgan fingerprint density at radius 3 is 2.32 bits per heavy atom. The molecular weight excluding hydrogens is 453 g/mol. The molecule has 0 spiro atoms. The number of halogens is 1. The van der Waals surface area contributed by atoms with Gasteiger partial charge in [-0.1, -0.05) is 0 Å². The summed E-state index contributed by atoms with van der Waals surface area (Å²) in [5, 5.41) is 36.7. The van der Waals surface area contributed by atoms with Crippen LogP contribution in [-0.2, 0) is 0 Å². The predicted molar refractivity (Wildman–Crippen MR) is 114 cm³/mol. The van der Waals surface area contributed by atoms with Gasteiger partial charge in [-0.2, -0.15) is 4.52 Å². The van der Waals surface area contributed by atoms with E-state index in [0.717, 1.165) is 18.2 Å². The topological polar surface area (TPSA) is 168 Å². The summed E-state index contributed by atoms with van der Waals surface area (Å²) in [5.41, 5.74) is -0.337. The number of nitro groups is 2. The number of nitrogens with one attached hydrogen (secondary N) is 1. The molecule has 0 aliphatic carbocycles. The van der Waals surface area contributed by atoms with Gasteiger partial charge in [0.25, 0.3) is 17.3 Å². The summed E-state index contributed by atoms with van der Waals surface area (Å²) in [7, 11) is 0. The van der Waals surface area contributed by atoms with E-state index in [4.69, 9.17) is 4.74 Å². The number of carbonyl (C=O) groups excluding carboxylic acids is 1. The van der Waals surface area contributed by atoms with Crippen LogP contribution in [0, 0.1) is 26.0 Å². The fourth-order valence-corrected chi connectivity index (χ4v) is 2.99. The maximum absolute atomic E-state index is 13.2. The predicted octanol–water partition coefficient (Wildman–Crippen LogP) is 2.56. The standard InChI is InChI=1S/C20H14FN7O6/c21-14-3-1-12(2-4-14)19-24-23-17-5-6-18(25-26(17)19)34-8-7-22-20(29)13-9-15(27(30)31)11-16(10-13)28(32)33/h1-6,9-11H,7-8H2,(H,22,29). The highest BCUT2D eigenvalue weighted by Gasteiger charge is 2.19. The zero-order chi connectivity index (χ0) is 24.2. The van der Waals surface area contributed by atoms with Gasteiger partial charge in [-0.25, -0.2) is 4.39 Å². The van der Waals surface area contributed by atoms with E-state index >= 15 is 0 Å². The van der Waals surface area contributed by atoms with Crippen LogP contribution in [0.1, 0.15) is 10.4 Å². The third kappa shape index (κ3) is 4.74. The summed E-state index contributed by atoms with van der Waals surface area (Å²) in [4.78, 5) is 32.6. The van der Waals surface area contributed by atoms with Gasteiger partial charge in [-0.05, 0) is 30.3 Å². The van der Waals surface area contributed by atoms with Gasteiger partial charge in [0.05, 0.1) is 28.0 Å². The number of rotatable bonds is 8. The summed E-state index contributed by atoms with van der Waals surface area (Å²) in [6.07, 6.45) is 0. The molecule has 0 saturated heterocycles. The lowest BCUT2D eigenvalue weighted by Crippen LogP contribution is -2.28. The first-order valence-corrected chi connectivity index (χ1v) is 9.65. The van der Waals surface area contributed by atoms with Crippen molar-refractivity contribution in [3.63, 3.8) is 0 Å². The van der Waals surface area contributed by atoms with E-state index < -0.39 is 32.9 Å². The van der Waals surface area contributed by atoms with Gasteiger partial charge in [0.2, 0.25) is 5.88 Å². The Kier molecular flexibility index (Phi) is 6.03. The van der Waals surface area contributed by atoms with Crippen molar-refractivity contribution in [2.45, 2.75) is 0 Å². The summed E-state index contributed by atoms with van der Waals surface area (Å²) < 4.78 is 20.1. The van der Waals surface area contributed by atoms with Gasteiger partial charge < -0.3 is 10.1 Å². The molecule has 34 heavy (non-hydrogen) atoms. The Bertz CT molecular complexity index is 1370. The van der Waals surface area contributed by atoms with Crippen LogP contribution in [0.3, 0.4) is 0 Å². The average Bonchev–Trinajstić information content (AvgIpc) is 3.25. The molecule has 0 bridgehead atoms. The Morgan fingerprint density at radius 1 is 1.00 bits per heavy atom. The zero-order valence-electron chi connectivity index (χ0n) is 17.1. The van der Waals surface area contributed by atoms with Gasteiger partial charge in [0.15, 0.2) is 11.5 Å². The minimum absolute atomic E-state index is 0.0119. The van der Waals surface area contributed by atoms with Crippen molar-refractivity contribution >= 4 is 22.9 Å². The molecule has 13 nitrogen and oxygen atoms in total. The molecule has 0 radical (unpaired) electrons. The number of nitro benzene ring substituents is 2. The Morgan fingerprint density at radius 2 is 1.68 bits per heavy atom.